The molecule has 0 aliphatic carbocycles. The van der Waals surface area contributed by atoms with E-state index in [0.29, 0.717) is 19.8 Å². The molecule has 0 heterocycles. The third-order valence-electron chi connectivity index (χ3n) is 1.09. The van der Waals surface area contributed by atoms with Crippen LogP contribution in [0.2, 0.25) is 0 Å². The van der Waals surface area contributed by atoms with Gasteiger partial charge in [-0.15, -0.1) is 0 Å². The van der Waals surface area contributed by atoms with Gasteiger partial charge in [0.25, 0.3) is 0 Å². The van der Waals surface area contributed by atoms with Gasteiger partial charge in [0.1, 0.15) is 0 Å². The van der Waals surface area contributed by atoms with Gasteiger partial charge in [-0.05, 0) is 0 Å². The third-order valence-corrected chi connectivity index (χ3v) is 1.48. The standard InChI is InChI=1S/C7H15O4.Ti/c1-4-9-7(8,10-5-2)11-6-3;/h4-6H2,1-3H3;/q-1;+1. The second kappa shape index (κ2) is 7.01. The van der Waals surface area contributed by atoms with E-state index in [4.69, 9.17) is 17.5 Å². The first-order valence-electron chi connectivity index (χ1n) is 4.01. The molecule has 71 valence electrons. The van der Waals surface area contributed by atoms with E-state index in [1.54, 1.807) is 0 Å². The number of hydrogen-bond donors (Lipinski definition) is 0. The summed E-state index contributed by atoms with van der Waals surface area (Å²) in [6, 6.07) is 0. The van der Waals surface area contributed by atoms with Crippen molar-refractivity contribution in [1.82, 2.24) is 0 Å². The van der Waals surface area contributed by atoms with Gasteiger partial charge in [-0.3, -0.25) is 0 Å². The van der Waals surface area contributed by atoms with Gasteiger partial charge < -0.3 is 0 Å². The first-order chi connectivity index (χ1) is 5.74. The second-order valence-corrected chi connectivity index (χ2v) is 2.22. The number of rotatable bonds is 7. The molecular formula is C7H15O4Ti. The monoisotopic (exact) mass is 211 g/mol. The molecule has 5 heteroatoms. The van der Waals surface area contributed by atoms with Gasteiger partial charge in [0.15, 0.2) is 0 Å². The van der Waals surface area contributed by atoms with Gasteiger partial charge in [-0.1, -0.05) is 0 Å². The van der Waals surface area contributed by atoms with Gasteiger partial charge in [-0.25, -0.2) is 0 Å². The Balaban J connectivity index is 4.06. The summed E-state index contributed by atoms with van der Waals surface area (Å²) in [5.74, 6) is 0. The van der Waals surface area contributed by atoms with Crippen molar-refractivity contribution in [2.24, 2.45) is 0 Å². The first-order valence-corrected chi connectivity index (χ1v) is 4.65. The zero-order chi connectivity index (χ0) is 9.45. The maximum absolute atomic E-state index is 5.19. The molecule has 0 radical (unpaired) electrons. The molecule has 0 aliphatic heterocycles. The predicted octanol–water partition coefficient (Wildman–Crippen LogP) is 1.19. The van der Waals surface area contributed by atoms with Crippen LogP contribution in [0.5, 0.6) is 0 Å². The van der Waals surface area contributed by atoms with Crippen LogP contribution in [0.1, 0.15) is 20.8 Å². The molecule has 0 saturated heterocycles. The molecule has 0 aromatic heterocycles. The van der Waals surface area contributed by atoms with Crippen molar-refractivity contribution in [3.8, 4) is 0 Å². The summed E-state index contributed by atoms with van der Waals surface area (Å²) >= 11 is 1.49. The minimum atomic E-state index is -1.31. The van der Waals surface area contributed by atoms with Crippen LogP contribution in [0.15, 0.2) is 0 Å². The third kappa shape index (κ3) is 3.98. The molecule has 12 heavy (non-hydrogen) atoms. The molecule has 0 fully saturated rings. The predicted molar refractivity (Wildman–Crippen MR) is 38.7 cm³/mol. The quantitative estimate of drug-likeness (QED) is 0.468. The molecule has 0 rings (SSSR count). The van der Waals surface area contributed by atoms with Crippen molar-refractivity contribution in [1.29, 1.82) is 0 Å². The number of hydrogen-bond acceptors (Lipinski definition) is 4. The van der Waals surface area contributed by atoms with E-state index in [1.165, 1.54) is 20.8 Å². The average molecular weight is 211 g/mol. The van der Waals surface area contributed by atoms with Crippen molar-refractivity contribution < 1.29 is 38.4 Å². The van der Waals surface area contributed by atoms with E-state index in [-0.39, 0.29) is 0 Å². The van der Waals surface area contributed by atoms with Gasteiger partial charge in [-0.2, -0.15) is 0 Å². The van der Waals surface area contributed by atoms with Crippen LogP contribution in [0, 0.1) is 0 Å². The van der Waals surface area contributed by atoms with Crippen LogP contribution in [-0.4, -0.2) is 26.0 Å². The van der Waals surface area contributed by atoms with Gasteiger partial charge in [0.05, 0.1) is 0 Å². The Kier molecular flexibility index (Phi) is 7.33. The molecule has 0 unspecified atom stereocenters. The van der Waals surface area contributed by atoms with Crippen molar-refractivity contribution >= 4 is 0 Å². The minimum absolute atomic E-state index is 0.480. The fraction of sp³-hybridized carbons (Fsp3) is 1.00. The Bertz CT molecular complexity index is 92.6. The van der Waals surface area contributed by atoms with Crippen LogP contribution in [0.4, 0.5) is 0 Å². The van der Waals surface area contributed by atoms with Crippen molar-refractivity contribution in [3.05, 3.63) is 0 Å². The van der Waals surface area contributed by atoms with E-state index in [9.17, 15) is 0 Å². The Morgan fingerprint density at radius 3 is 1.42 bits per heavy atom. The molecule has 0 saturated carbocycles. The second-order valence-electron chi connectivity index (χ2n) is 1.90. The SMILES string of the molecule is CCOC([O][Ti])(OCC)OCC. The first kappa shape index (κ1) is 12.6. The molecule has 0 aromatic rings. The van der Waals surface area contributed by atoms with Crippen molar-refractivity contribution in [2.75, 3.05) is 19.8 Å². The number of ether oxygens (including phenoxy) is 3. The Labute approximate surface area is 85.4 Å². The Hall–Kier alpha value is 0.554. The van der Waals surface area contributed by atoms with E-state index in [0.717, 1.165) is 0 Å². The van der Waals surface area contributed by atoms with Crippen LogP contribution < -0.4 is 0 Å². The molecule has 0 N–H and O–H groups in total. The summed E-state index contributed by atoms with van der Waals surface area (Å²) in [4.78, 5) is 0. The molecular weight excluding hydrogens is 196 g/mol. The molecule has 0 bridgehead atoms. The van der Waals surface area contributed by atoms with Gasteiger partial charge in [0.2, 0.25) is 0 Å². The van der Waals surface area contributed by atoms with Crippen LogP contribution in [0.25, 0.3) is 0 Å². The van der Waals surface area contributed by atoms with E-state index < -0.39 is 6.16 Å². The van der Waals surface area contributed by atoms with E-state index >= 15 is 0 Å². The summed E-state index contributed by atoms with van der Waals surface area (Å²) in [5, 5.41) is 0. The fourth-order valence-corrected chi connectivity index (χ4v) is 1.02. The maximum atomic E-state index is 5.19. The van der Waals surface area contributed by atoms with Crippen LogP contribution >= 0.6 is 0 Å². The zero-order valence-corrected chi connectivity index (χ0v) is 9.32. The topological polar surface area (TPSA) is 36.9 Å². The Morgan fingerprint density at radius 1 is 0.917 bits per heavy atom. The van der Waals surface area contributed by atoms with Gasteiger partial charge >= 0.3 is 85.1 Å². The fourth-order valence-electron chi connectivity index (χ4n) is 0.744. The molecule has 0 atom stereocenters. The summed E-state index contributed by atoms with van der Waals surface area (Å²) in [7, 11) is 0. The van der Waals surface area contributed by atoms with Crippen LogP contribution in [-0.2, 0) is 38.4 Å². The van der Waals surface area contributed by atoms with Crippen molar-refractivity contribution in [2.45, 2.75) is 26.9 Å². The molecule has 0 amide bonds. The van der Waals surface area contributed by atoms with E-state index in [1.807, 2.05) is 20.8 Å². The molecule has 0 aromatic carbocycles. The summed E-state index contributed by atoms with van der Waals surface area (Å²) in [5.41, 5.74) is 0. The average Bonchev–Trinajstić information content (AvgIpc) is 2.06. The summed E-state index contributed by atoms with van der Waals surface area (Å²) in [6.07, 6.45) is -1.31. The normalized spacial score (nSPS) is 11.8. The van der Waals surface area contributed by atoms with Crippen molar-refractivity contribution in [3.63, 3.8) is 0 Å². The summed E-state index contributed by atoms with van der Waals surface area (Å²) < 4.78 is 20.6. The summed E-state index contributed by atoms with van der Waals surface area (Å²) in [6.45, 7) is 7.00. The molecule has 0 spiro atoms. The molecule has 0 aliphatic rings. The van der Waals surface area contributed by atoms with E-state index in [2.05, 4.69) is 0 Å². The van der Waals surface area contributed by atoms with Crippen LogP contribution in [0.3, 0.4) is 0 Å². The van der Waals surface area contributed by atoms with Gasteiger partial charge in [0, 0.05) is 0 Å². The Morgan fingerprint density at radius 2 is 1.25 bits per heavy atom. The molecule has 4 nitrogen and oxygen atoms in total. The zero-order valence-electron chi connectivity index (χ0n) is 7.75.